The zero-order valence-electron chi connectivity index (χ0n) is 18.0. The summed E-state index contributed by atoms with van der Waals surface area (Å²) in [5.41, 5.74) is 0.283. The SMILES string of the molecule is C=CCc1cc(C(=O)NC2c3ccc(C)cc3Oc3cccc(C)c32)c(=O)[nH]c1C(F)(F)F. The van der Waals surface area contributed by atoms with Gasteiger partial charge in [0.2, 0.25) is 0 Å². The number of aromatic nitrogens is 1. The predicted octanol–water partition coefficient (Wildman–Crippen LogP) is 5.36. The van der Waals surface area contributed by atoms with Gasteiger partial charge in [-0.3, -0.25) is 9.59 Å². The van der Waals surface area contributed by atoms with E-state index in [0.29, 0.717) is 17.1 Å². The molecule has 0 spiro atoms. The van der Waals surface area contributed by atoms with E-state index in [0.717, 1.165) is 22.8 Å². The second-order valence-corrected chi connectivity index (χ2v) is 7.94. The number of pyridine rings is 1. The Balaban J connectivity index is 1.79. The molecule has 1 aliphatic heterocycles. The van der Waals surface area contributed by atoms with E-state index >= 15 is 0 Å². The summed E-state index contributed by atoms with van der Waals surface area (Å²) in [6.07, 6.45) is -3.64. The van der Waals surface area contributed by atoms with Crippen LogP contribution in [0, 0.1) is 13.8 Å². The zero-order valence-corrected chi connectivity index (χ0v) is 18.0. The fourth-order valence-corrected chi connectivity index (χ4v) is 4.03. The van der Waals surface area contributed by atoms with E-state index in [1.807, 2.05) is 49.2 Å². The Bertz CT molecular complexity index is 1330. The van der Waals surface area contributed by atoms with Gasteiger partial charge in [0.05, 0.1) is 6.04 Å². The Morgan fingerprint density at radius 3 is 2.64 bits per heavy atom. The summed E-state index contributed by atoms with van der Waals surface area (Å²) in [5, 5.41) is 2.83. The van der Waals surface area contributed by atoms with Gasteiger partial charge in [0.15, 0.2) is 0 Å². The summed E-state index contributed by atoms with van der Waals surface area (Å²) in [5.74, 6) is 0.335. The van der Waals surface area contributed by atoms with E-state index < -0.39 is 34.9 Å². The molecule has 0 saturated carbocycles. The average Bonchev–Trinajstić information content (AvgIpc) is 2.73. The van der Waals surface area contributed by atoms with Gasteiger partial charge in [0.25, 0.3) is 11.5 Å². The van der Waals surface area contributed by atoms with Gasteiger partial charge in [-0.15, -0.1) is 6.58 Å². The molecule has 3 aromatic rings. The number of H-pyrrole nitrogens is 1. The molecule has 2 aromatic carbocycles. The second kappa shape index (κ2) is 8.27. The van der Waals surface area contributed by atoms with Gasteiger partial charge in [-0.1, -0.05) is 30.3 Å². The summed E-state index contributed by atoms with van der Waals surface area (Å²) >= 11 is 0. The van der Waals surface area contributed by atoms with Gasteiger partial charge >= 0.3 is 6.18 Å². The predicted molar refractivity (Wildman–Crippen MR) is 118 cm³/mol. The molecule has 4 rings (SSSR count). The van der Waals surface area contributed by atoms with Crippen LogP contribution in [0.3, 0.4) is 0 Å². The van der Waals surface area contributed by atoms with Crippen LogP contribution in [0.1, 0.15) is 49.9 Å². The summed E-state index contributed by atoms with van der Waals surface area (Å²) in [4.78, 5) is 27.5. The van der Waals surface area contributed by atoms with Crippen molar-refractivity contribution in [1.82, 2.24) is 10.3 Å². The minimum atomic E-state index is -4.76. The fraction of sp³-hybridized carbons (Fsp3) is 0.200. The number of aromatic amines is 1. The van der Waals surface area contributed by atoms with E-state index in [1.165, 1.54) is 6.08 Å². The largest absolute Gasteiger partial charge is 0.457 e. The maximum atomic E-state index is 13.3. The highest BCUT2D eigenvalue weighted by molar-refractivity contribution is 5.94. The number of aryl methyl sites for hydroxylation is 2. The van der Waals surface area contributed by atoms with Crippen LogP contribution in [0.25, 0.3) is 0 Å². The van der Waals surface area contributed by atoms with Gasteiger partial charge in [0, 0.05) is 11.1 Å². The number of nitrogens with one attached hydrogen (secondary N) is 2. The number of hydrogen-bond donors (Lipinski definition) is 2. The van der Waals surface area contributed by atoms with E-state index in [4.69, 9.17) is 4.74 Å². The van der Waals surface area contributed by atoms with Crippen LogP contribution in [0.15, 0.2) is 59.9 Å². The number of halogens is 3. The molecule has 1 aromatic heterocycles. The third kappa shape index (κ3) is 4.16. The van der Waals surface area contributed by atoms with Gasteiger partial charge in [-0.2, -0.15) is 13.2 Å². The molecule has 0 fully saturated rings. The van der Waals surface area contributed by atoms with Gasteiger partial charge in [-0.05, 0) is 55.2 Å². The lowest BCUT2D eigenvalue weighted by atomic mass is 9.90. The first-order chi connectivity index (χ1) is 15.6. The van der Waals surface area contributed by atoms with Crippen LogP contribution >= 0.6 is 0 Å². The number of carbonyl (C=O) groups excluding carboxylic acids is 1. The van der Waals surface area contributed by atoms with Crippen LogP contribution in [0.2, 0.25) is 0 Å². The Hall–Kier alpha value is -3.81. The summed E-state index contributed by atoms with van der Waals surface area (Å²) < 4.78 is 46.1. The van der Waals surface area contributed by atoms with Crippen LogP contribution in [-0.2, 0) is 12.6 Å². The Labute approximate surface area is 187 Å². The Morgan fingerprint density at radius 1 is 1.18 bits per heavy atom. The van der Waals surface area contributed by atoms with Crippen molar-refractivity contribution >= 4 is 5.91 Å². The molecule has 0 aliphatic carbocycles. The monoisotopic (exact) mass is 454 g/mol. The van der Waals surface area contributed by atoms with Crippen LogP contribution in [0.4, 0.5) is 13.2 Å². The lowest BCUT2D eigenvalue weighted by Crippen LogP contribution is -2.36. The minimum absolute atomic E-state index is 0.160. The number of alkyl halides is 3. The van der Waals surface area contributed by atoms with Crippen molar-refractivity contribution in [2.45, 2.75) is 32.5 Å². The van der Waals surface area contributed by atoms with Crippen LogP contribution in [-0.4, -0.2) is 10.9 Å². The van der Waals surface area contributed by atoms with Crippen molar-refractivity contribution in [2.24, 2.45) is 0 Å². The molecule has 5 nitrogen and oxygen atoms in total. The quantitative estimate of drug-likeness (QED) is 0.521. The summed E-state index contributed by atoms with van der Waals surface area (Å²) in [7, 11) is 0. The number of allylic oxidation sites excluding steroid dienone is 1. The maximum Gasteiger partial charge on any atom is 0.431 e. The normalized spacial score (nSPS) is 14.6. The fourth-order valence-electron chi connectivity index (χ4n) is 4.03. The first-order valence-corrected chi connectivity index (χ1v) is 10.2. The standard InChI is InChI=1S/C25H21F3N2O3/c1-4-6-15-12-17(24(32)30-22(15)25(26,27)28)23(31)29-21-16-10-9-13(2)11-19(16)33-18-8-5-7-14(3)20(18)21/h4-5,7-12,21H,1,6H2,2-3H3,(H,29,31)(H,30,32). The molecular weight excluding hydrogens is 433 g/mol. The highest BCUT2D eigenvalue weighted by atomic mass is 19.4. The van der Waals surface area contributed by atoms with Gasteiger partial charge in [-0.25, -0.2) is 0 Å². The number of hydrogen-bond acceptors (Lipinski definition) is 3. The molecular formula is C25H21F3N2O3. The molecule has 1 atom stereocenters. The van der Waals surface area contributed by atoms with E-state index in [-0.39, 0.29) is 12.0 Å². The number of amides is 1. The Morgan fingerprint density at radius 2 is 1.94 bits per heavy atom. The lowest BCUT2D eigenvalue weighted by molar-refractivity contribution is -0.141. The molecule has 1 unspecified atom stereocenters. The van der Waals surface area contributed by atoms with Crippen LogP contribution in [0.5, 0.6) is 11.5 Å². The third-order valence-corrected chi connectivity index (χ3v) is 5.56. The van der Waals surface area contributed by atoms with E-state index in [1.54, 1.807) is 6.07 Å². The number of carbonyl (C=O) groups is 1. The smallest absolute Gasteiger partial charge is 0.431 e. The first kappa shape index (κ1) is 22.4. The van der Waals surface area contributed by atoms with Crippen molar-refractivity contribution in [1.29, 1.82) is 0 Å². The van der Waals surface area contributed by atoms with Gasteiger partial charge < -0.3 is 15.0 Å². The van der Waals surface area contributed by atoms with Gasteiger partial charge in [0.1, 0.15) is 22.8 Å². The molecule has 170 valence electrons. The van der Waals surface area contributed by atoms with Crippen molar-refractivity contribution in [3.05, 3.63) is 105 Å². The average molecular weight is 454 g/mol. The number of ether oxygens (including phenoxy) is 1. The zero-order chi connectivity index (χ0) is 23.9. The first-order valence-electron chi connectivity index (χ1n) is 10.2. The molecule has 2 N–H and O–H groups in total. The lowest BCUT2D eigenvalue weighted by Gasteiger charge is -2.30. The maximum absolute atomic E-state index is 13.3. The number of fused-ring (bicyclic) bond motifs is 2. The molecule has 8 heteroatoms. The van der Waals surface area contributed by atoms with Crippen molar-refractivity contribution < 1.29 is 22.7 Å². The minimum Gasteiger partial charge on any atom is -0.457 e. The second-order valence-electron chi connectivity index (χ2n) is 7.94. The third-order valence-electron chi connectivity index (χ3n) is 5.56. The van der Waals surface area contributed by atoms with E-state index in [9.17, 15) is 22.8 Å². The van der Waals surface area contributed by atoms with Crippen molar-refractivity contribution in [3.8, 4) is 11.5 Å². The summed E-state index contributed by atoms with van der Waals surface area (Å²) in [6, 6.07) is 11.3. The molecule has 0 saturated heterocycles. The number of rotatable bonds is 4. The van der Waals surface area contributed by atoms with Crippen LogP contribution < -0.4 is 15.6 Å². The topological polar surface area (TPSA) is 71.2 Å². The van der Waals surface area contributed by atoms with Crippen molar-refractivity contribution in [3.63, 3.8) is 0 Å². The highest BCUT2D eigenvalue weighted by Crippen LogP contribution is 2.44. The van der Waals surface area contributed by atoms with E-state index in [2.05, 4.69) is 11.9 Å². The molecule has 2 heterocycles. The highest BCUT2D eigenvalue weighted by Gasteiger charge is 2.36. The molecule has 1 amide bonds. The van der Waals surface area contributed by atoms with Crippen molar-refractivity contribution in [2.75, 3.05) is 0 Å². The molecule has 0 radical (unpaired) electrons. The number of benzene rings is 2. The Kier molecular flexibility index (Phi) is 5.61. The molecule has 1 aliphatic rings. The summed E-state index contributed by atoms with van der Waals surface area (Å²) in [6.45, 7) is 7.24. The molecule has 33 heavy (non-hydrogen) atoms. The molecule has 0 bridgehead atoms.